The van der Waals surface area contributed by atoms with Crippen LogP contribution in [0.3, 0.4) is 0 Å². The minimum Gasteiger partial charge on any atom is -0.446 e. The highest BCUT2D eigenvalue weighted by atomic mass is 19.4. The van der Waals surface area contributed by atoms with E-state index in [0.29, 0.717) is 0 Å². The number of carbonyl (C=O) groups excluding carboxylic acids is 1. The molecule has 1 aliphatic rings. The molecule has 2 rings (SSSR count). The highest BCUT2D eigenvalue weighted by Gasteiger charge is 2.67. The Morgan fingerprint density at radius 1 is 1.19 bits per heavy atom. The van der Waals surface area contributed by atoms with Gasteiger partial charge < -0.3 is 4.74 Å². The second-order valence-electron chi connectivity index (χ2n) is 3.75. The number of hydrogen-bond acceptors (Lipinski definition) is 2. The molecule has 1 fully saturated rings. The maximum Gasteiger partial charge on any atom is 0.428 e. The van der Waals surface area contributed by atoms with Crippen molar-refractivity contribution in [3.8, 4) is 0 Å². The lowest BCUT2D eigenvalue weighted by atomic mass is 10.2. The van der Waals surface area contributed by atoms with E-state index in [9.17, 15) is 18.0 Å². The van der Waals surface area contributed by atoms with E-state index in [1.54, 1.807) is 18.2 Å². The Hall–Kier alpha value is -1.52. The van der Waals surface area contributed by atoms with Crippen LogP contribution < -0.4 is 0 Å². The van der Waals surface area contributed by atoms with Crippen molar-refractivity contribution in [3.05, 3.63) is 35.9 Å². The predicted octanol–water partition coefficient (Wildman–Crippen LogP) is 2.94. The number of benzene rings is 1. The summed E-state index contributed by atoms with van der Waals surface area (Å²) in [6.45, 7) is 0. The molecule has 0 saturated heterocycles. The van der Waals surface area contributed by atoms with E-state index >= 15 is 0 Å². The van der Waals surface area contributed by atoms with Crippen molar-refractivity contribution >= 4 is 5.97 Å². The van der Waals surface area contributed by atoms with Crippen molar-refractivity contribution in [1.29, 1.82) is 0 Å². The van der Waals surface area contributed by atoms with E-state index < -0.39 is 17.7 Å². The highest BCUT2D eigenvalue weighted by molar-refractivity contribution is 5.89. The molecule has 2 nitrogen and oxygen atoms in total. The third-order valence-corrected chi connectivity index (χ3v) is 2.52. The zero-order chi connectivity index (χ0) is 11.8. The summed E-state index contributed by atoms with van der Waals surface area (Å²) in [5.74, 6) is -0.921. The minimum absolute atomic E-state index is 0.137. The summed E-state index contributed by atoms with van der Waals surface area (Å²) < 4.78 is 42.0. The third-order valence-electron chi connectivity index (χ3n) is 2.52. The van der Waals surface area contributed by atoms with Gasteiger partial charge in [-0.1, -0.05) is 18.2 Å². The molecule has 86 valence electrons. The van der Waals surface area contributed by atoms with Crippen LogP contribution in [0.25, 0.3) is 0 Å². The van der Waals surface area contributed by atoms with Crippen molar-refractivity contribution in [2.75, 3.05) is 0 Å². The summed E-state index contributed by atoms with van der Waals surface area (Å²) in [6.07, 6.45) is -4.76. The number of halogens is 3. The summed E-state index contributed by atoms with van der Waals surface area (Å²) >= 11 is 0. The van der Waals surface area contributed by atoms with Crippen LogP contribution in [0, 0.1) is 0 Å². The Morgan fingerprint density at radius 3 is 2.19 bits per heavy atom. The maximum absolute atomic E-state index is 12.5. The normalized spacial score (nSPS) is 17.9. The molecule has 0 unspecified atom stereocenters. The van der Waals surface area contributed by atoms with Gasteiger partial charge in [0, 0.05) is 12.8 Å². The van der Waals surface area contributed by atoms with Crippen molar-refractivity contribution in [1.82, 2.24) is 0 Å². The third kappa shape index (κ3) is 1.89. The van der Waals surface area contributed by atoms with Crippen molar-refractivity contribution in [2.24, 2.45) is 0 Å². The van der Waals surface area contributed by atoms with Gasteiger partial charge in [0.15, 0.2) is 0 Å². The van der Waals surface area contributed by atoms with Gasteiger partial charge in [-0.3, -0.25) is 0 Å². The second kappa shape index (κ2) is 3.50. The van der Waals surface area contributed by atoms with Crippen LogP contribution in [0.2, 0.25) is 0 Å². The Bertz CT molecular complexity index is 393. The largest absolute Gasteiger partial charge is 0.446 e. The van der Waals surface area contributed by atoms with Crippen molar-refractivity contribution < 1.29 is 22.7 Å². The molecule has 0 amide bonds. The zero-order valence-corrected chi connectivity index (χ0v) is 8.25. The van der Waals surface area contributed by atoms with Crippen LogP contribution in [-0.2, 0) is 4.74 Å². The first-order chi connectivity index (χ1) is 7.45. The first kappa shape index (κ1) is 11.0. The van der Waals surface area contributed by atoms with E-state index in [1.807, 2.05) is 0 Å². The van der Waals surface area contributed by atoms with Gasteiger partial charge in [-0.2, -0.15) is 13.2 Å². The first-order valence-corrected chi connectivity index (χ1v) is 4.80. The van der Waals surface area contributed by atoms with Crippen LogP contribution in [0.15, 0.2) is 30.3 Å². The molecule has 0 aromatic heterocycles. The fourth-order valence-electron chi connectivity index (χ4n) is 1.37. The fourth-order valence-corrected chi connectivity index (χ4v) is 1.37. The smallest absolute Gasteiger partial charge is 0.428 e. The van der Waals surface area contributed by atoms with Crippen LogP contribution in [0.4, 0.5) is 13.2 Å². The van der Waals surface area contributed by atoms with Gasteiger partial charge in [-0.15, -0.1) is 0 Å². The average molecular weight is 230 g/mol. The van der Waals surface area contributed by atoms with Gasteiger partial charge in [0.2, 0.25) is 5.60 Å². The molecule has 1 aromatic rings. The number of ether oxygens (including phenoxy) is 1. The topological polar surface area (TPSA) is 26.3 Å². The van der Waals surface area contributed by atoms with Crippen LogP contribution >= 0.6 is 0 Å². The molecule has 1 aromatic carbocycles. The summed E-state index contributed by atoms with van der Waals surface area (Å²) in [5.41, 5.74) is -2.10. The molecule has 1 saturated carbocycles. The number of hydrogen-bond donors (Lipinski definition) is 0. The number of alkyl halides is 3. The number of carbonyl (C=O) groups is 1. The van der Waals surface area contributed by atoms with Gasteiger partial charge in [0.25, 0.3) is 0 Å². The summed E-state index contributed by atoms with van der Waals surface area (Å²) in [6, 6.07) is 7.67. The summed E-state index contributed by atoms with van der Waals surface area (Å²) in [5, 5.41) is 0. The van der Waals surface area contributed by atoms with E-state index in [4.69, 9.17) is 0 Å². The van der Waals surface area contributed by atoms with E-state index in [0.717, 1.165) is 0 Å². The Labute approximate surface area is 90.0 Å². The second-order valence-corrected chi connectivity index (χ2v) is 3.75. The van der Waals surface area contributed by atoms with Crippen LogP contribution in [0.1, 0.15) is 23.2 Å². The molecular formula is C11H9F3O2. The summed E-state index contributed by atoms with van der Waals surface area (Å²) in [4.78, 5) is 11.4. The molecule has 5 heteroatoms. The van der Waals surface area contributed by atoms with Gasteiger partial charge in [-0.05, 0) is 12.1 Å². The van der Waals surface area contributed by atoms with E-state index in [-0.39, 0.29) is 18.4 Å². The molecule has 16 heavy (non-hydrogen) atoms. The fraction of sp³-hybridized carbons (Fsp3) is 0.364. The van der Waals surface area contributed by atoms with Gasteiger partial charge in [-0.25, -0.2) is 4.79 Å². The van der Waals surface area contributed by atoms with Crippen LogP contribution in [0.5, 0.6) is 0 Å². The first-order valence-electron chi connectivity index (χ1n) is 4.80. The quantitative estimate of drug-likeness (QED) is 0.730. The molecule has 0 radical (unpaired) electrons. The Morgan fingerprint density at radius 2 is 1.75 bits per heavy atom. The molecule has 0 aliphatic heterocycles. The Kier molecular flexibility index (Phi) is 2.40. The lowest BCUT2D eigenvalue weighted by Crippen LogP contribution is -2.36. The number of rotatable bonds is 2. The highest BCUT2D eigenvalue weighted by Crippen LogP contribution is 2.52. The Balaban J connectivity index is 2.10. The van der Waals surface area contributed by atoms with Crippen LogP contribution in [-0.4, -0.2) is 17.7 Å². The standard InChI is InChI=1S/C11H9F3O2/c12-11(13,14)10(6-7-10)16-9(15)8-4-2-1-3-5-8/h1-5H,6-7H2. The van der Waals surface area contributed by atoms with E-state index in [1.165, 1.54) is 12.1 Å². The molecule has 0 heterocycles. The number of esters is 1. The molecular weight excluding hydrogens is 221 g/mol. The lowest BCUT2D eigenvalue weighted by molar-refractivity contribution is -0.218. The van der Waals surface area contributed by atoms with Gasteiger partial charge in [0.05, 0.1) is 5.56 Å². The molecule has 0 atom stereocenters. The van der Waals surface area contributed by atoms with E-state index in [2.05, 4.69) is 4.74 Å². The monoisotopic (exact) mass is 230 g/mol. The molecule has 0 spiro atoms. The van der Waals surface area contributed by atoms with Gasteiger partial charge in [0.1, 0.15) is 0 Å². The average Bonchev–Trinajstić information content (AvgIpc) is 2.99. The zero-order valence-electron chi connectivity index (χ0n) is 8.25. The summed E-state index contributed by atoms with van der Waals surface area (Å²) in [7, 11) is 0. The molecule has 0 bridgehead atoms. The lowest BCUT2D eigenvalue weighted by Gasteiger charge is -2.19. The SMILES string of the molecule is O=C(OC1(C(F)(F)F)CC1)c1ccccc1. The minimum atomic E-state index is -4.47. The van der Waals surface area contributed by atoms with Crippen molar-refractivity contribution in [3.63, 3.8) is 0 Å². The molecule has 0 N–H and O–H groups in total. The predicted molar refractivity (Wildman–Crippen MR) is 49.9 cm³/mol. The molecule has 1 aliphatic carbocycles. The van der Waals surface area contributed by atoms with Crippen molar-refractivity contribution in [2.45, 2.75) is 24.6 Å². The maximum atomic E-state index is 12.5. The van der Waals surface area contributed by atoms with Gasteiger partial charge >= 0.3 is 12.1 Å².